The van der Waals surface area contributed by atoms with E-state index < -0.39 is 5.97 Å². The number of nitrogens with zero attached hydrogens (tertiary/aromatic N) is 3. The van der Waals surface area contributed by atoms with Crippen LogP contribution in [0.4, 0.5) is 4.79 Å². The number of rotatable bonds is 6. The molecule has 0 aliphatic carbocycles. The number of nitrogens with one attached hydrogen (secondary N) is 1. The lowest BCUT2D eigenvalue weighted by Crippen LogP contribution is -2.39. The minimum absolute atomic E-state index is 0.0482. The zero-order valence-corrected chi connectivity index (χ0v) is 11.5. The van der Waals surface area contributed by atoms with E-state index in [2.05, 4.69) is 10.4 Å². The van der Waals surface area contributed by atoms with Crippen LogP contribution in [0, 0.1) is 5.92 Å². The van der Waals surface area contributed by atoms with Crippen molar-refractivity contribution in [1.82, 2.24) is 20.0 Å². The zero-order valence-electron chi connectivity index (χ0n) is 11.5. The van der Waals surface area contributed by atoms with Gasteiger partial charge in [-0.1, -0.05) is 6.92 Å². The van der Waals surface area contributed by atoms with Crippen molar-refractivity contribution >= 4 is 12.0 Å². The van der Waals surface area contributed by atoms with Crippen LogP contribution in [-0.4, -0.2) is 45.4 Å². The molecule has 0 spiro atoms. The van der Waals surface area contributed by atoms with Crippen LogP contribution in [0.5, 0.6) is 0 Å². The highest BCUT2D eigenvalue weighted by Gasteiger charge is 2.12. The number of urea groups is 1. The predicted molar refractivity (Wildman–Crippen MR) is 69.5 cm³/mol. The van der Waals surface area contributed by atoms with E-state index in [4.69, 9.17) is 5.11 Å². The van der Waals surface area contributed by atoms with Crippen molar-refractivity contribution < 1.29 is 14.7 Å². The lowest BCUT2D eigenvalue weighted by atomic mass is 10.1. The Morgan fingerprint density at radius 2 is 2.26 bits per heavy atom. The molecule has 0 saturated carbocycles. The molecule has 1 atom stereocenters. The number of aliphatic carboxylic acids is 1. The molecule has 1 aromatic rings. The number of aryl methyl sites for hydroxylation is 1. The molecule has 7 nitrogen and oxygen atoms in total. The van der Waals surface area contributed by atoms with E-state index in [-0.39, 0.29) is 18.4 Å². The SMILES string of the molecule is CC(CNC(=O)N(C)Cc1cnn(C)c1)CC(=O)O. The van der Waals surface area contributed by atoms with Crippen molar-refractivity contribution in [3.8, 4) is 0 Å². The summed E-state index contributed by atoms with van der Waals surface area (Å²) in [6, 6.07) is -0.221. The zero-order chi connectivity index (χ0) is 14.4. The molecule has 0 fully saturated rings. The first kappa shape index (κ1) is 15.0. The fraction of sp³-hybridized carbons (Fsp3) is 0.583. The molecule has 0 aromatic carbocycles. The van der Waals surface area contributed by atoms with Gasteiger partial charge in [-0.2, -0.15) is 5.10 Å². The van der Waals surface area contributed by atoms with Crippen LogP contribution in [0.25, 0.3) is 0 Å². The molecule has 0 saturated heterocycles. The molecule has 0 aliphatic heterocycles. The summed E-state index contributed by atoms with van der Waals surface area (Å²) in [5, 5.41) is 15.4. The molecule has 2 amide bonds. The monoisotopic (exact) mass is 268 g/mol. The van der Waals surface area contributed by atoms with E-state index in [9.17, 15) is 9.59 Å². The molecule has 0 radical (unpaired) electrons. The van der Waals surface area contributed by atoms with Crippen LogP contribution in [0.15, 0.2) is 12.4 Å². The minimum Gasteiger partial charge on any atom is -0.481 e. The Kier molecular flexibility index (Phi) is 5.35. The van der Waals surface area contributed by atoms with E-state index >= 15 is 0 Å². The van der Waals surface area contributed by atoms with Gasteiger partial charge in [0.25, 0.3) is 0 Å². The average Bonchev–Trinajstić information content (AvgIpc) is 2.70. The number of amides is 2. The first-order valence-electron chi connectivity index (χ1n) is 6.06. The van der Waals surface area contributed by atoms with Gasteiger partial charge in [0.05, 0.1) is 12.7 Å². The number of hydrogen-bond donors (Lipinski definition) is 2. The Morgan fingerprint density at radius 1 is 1.58 bits per heavy atom. The van der Waals surface area contributed by atoms with E-state index in [1.807, 2.05) is 13.2 Å². The van der Waals surface area contributed by atoms with Crippen LogP contribution in [-0.2, 0) is 18.4 Å². The molecule has 19 heavy (non-hydrogen) atoms. The lowest BCUT2D eigenvalue weighted by Gasteiger charge is -2.18. The normalized spacial score (nSPS) is 11.9. The predicted octanol–water partition coefficient (Wildman–Crippen LogP) is 0.672. The summed E-state index contributed by atoms with van der Waals surface area (Å²) in [5.74, 6) is -0.946. The molecule has 1 heterocycles. The lowest BCUT2D eigenvalue weighted by molar-refractivity contribution is -0.137. The summed E-state index contributed by atoms with van der Waals surface area (Å²) < 4.78 is 1.68. The topological polar surface area (TPSA) is 87.5 Å². The van der Waals surface area contributed by atoms with Crippen LogP contribution in [0.1, 0.15) is 18.9 Å². The maximum absolute atomic E-state index is 11.8. The highest BCUT2D eigenvalue weighted by atomic mass is 16.4. The maximum Gasteiger partial charge on any atom is 0.317 e. The van der Waals surface area contributed by atoms with Gasteiger partial charge < -0.3 is 15.3 Å². The Morgan fingerprint density at radius 3 is 2.79 bits per heavy atom. The summed E-state index contributed by atoms with van der Waals surface area (Å²) in [6.07, 6.45) is 3.60. The second kappa shape index (κ2) is 6.77. The van der Waals surface area contributed by atoms with Gasteiger partial charge in [0, 0.05) is 38.8 Å². The van der Waals surface area contributed by atoms with Crippen LogP contribution in [0.3, 0.4) is 0 Å². The van der Waals surface area contributed by atoms with Crippen LogP contribution >= 0.6 is 0 Å². The molecule has 2 N–H and O–H groups in total. The molecule has 1 aromatic heterocycles. The molecular weight excluding hydrogens is 248 g/mol. The summed E-state index contributed by atoms with van der Waals surface area (Å²) in [4.78, 5) is 23.8. The average molecular weight is 268 g/mol. The van der Waals surface area contributed by atoms with E-state index in [1.54, 1.807) is 24.9 Å². The molecule has 1 rings (SSSR count). The molecule has 106 valence electrons. The Bertz CT molecular complexity index is 444. The van der Waals surface area contributed by atoms with Gasteiger partial charge in [0.15, 0.2) is 0 Å². The molecule has 0 bridgehead atoms. The first-order chi connectivity index (χ1) is 8.88. The fourth-order valence-corrected chi connectivity index (χ4v) is 1.67. The molecule has 1 unspecified atom stereocenters. The number of carboxylic acids is 1. The third-order valence-electron chi connectivity index (χ3n) is 2.65. The van der Waals surface area contributed by atoms with Crippen molar-refractivity contribution in [2.24, 2.45) is 13.0 Å². The number of hydrogen-bond acceptors (Lipinski definition) is 3. The van der Waals surface area contributed by atoms with Gasteiger partial charge in [-0.3, -0.25) is 9.48 Å². The standard InChI is InChI=1S/C12H20N4O3/c1-9(4-11(17)18)5-13-12(19)15(2)7-10-6-14-16(3)8-10/h6,8-9H,4-5,7H2,1-3H3,(H,13,19)(H,17,18). The smallest absolute Gasteiger partial charge is 0.317 e. The summed E-state index contributed by atoms with van der Waals surface area (Å²) in [7, 11) is 3.50. The molecular formula is C12H20N4O3. The number of carboxylic acid groups (broad SMARTS) is 1. The Hall–Kier alpha value is -2.05. The van der Waals surface area contributed by atoms with Crippen molar-refractivity contribution in [3.05, 3.63) is 18.0 Å². The van der Waals surface area contributed by atoms with Gasteiger partial charge in [-0.05, 0) is 5.92 Å². The molecule has 7 heteroatoms. The van der Waals surface area contributed by atoms with E-state index in [1.165, 1.54) is 4.90 Å². The van der Waals surface area contributed by atoms with Crippen molar-refractivity contribution in [3.63, 3.8) is 0 Å². The number of carbonyl (C=O) groups excluding carboxylic acids is 1. The highest BCUT2D eigenvalue weighted by molar-refractivity contribution is 5.74. The second-order valence-corrected chi connectivity index (χ2v) is 4.77. The minimum atomic E-state index is -0.856. The van der Waals surface area contributed by atoms with Crippen LogP contribution < -0.4 is 5.32 Å². The summed E-state index contributed by atoms with van der Waals surface area (Å²) >= 11 is 0. The van der Waals surface area contributed by atoms with Crippen molar-refractivity contribution in [1.29, 1.82) is 0 Å². The van der Waals surface area contributed by atoms with Gasteiger partial charge in [0.1, 0.15) is 0 Å². The Labute approximate surface area is 112 Å². The third-order valence-corrected chi connectivity index (χ3v) is 2.65. The highest BCUT2D eigenvalue weighted by Crippen LogP contribution is 2.03. The largest absolute Gasteiger partial charge is 0.481 e. The van der Waals surface area contributed by atoms with Crippen molar-refractivity contribution in [2.45, 2.75) is 19.9 Å². The molecule has 0 aliphatic rings. The summed E-state index contributed by atoms with van der Waals surface area (Å²) in [6.45, 7) is 2.60. The van der Waals surface area contributed by atoms with Gasteiger partial charge in [0.2, 0.25) is 0 Å². The summed E-state index contributed by atoms with van der Waals surface area (Å²) in [5.41, 5.74) is 0.943. The van der Waals surface area contributed by atoms with Gasteiger partial charge in [-0.15, -0.1) is 0 Å². The van der Waals surface area contributed by atoms with Gasteiger partial charge >= 0.3 is 12.0 Å². The van der Waals surface area contributed by atoms with E-state index in [0.29, 0.717) is 13.1 Å². The van der Waals surface area contributed by atoms with Crippen molar-refractivity contribution in [2.75, 3.05) is 13.6 Å². The number of carbonyl (C=O) groups is 2. The fourth-order valence-electron chi connectivity index (χ4n) is 1.67. The second-order valence-electron chi connectivity index (χ2n) is 4.77. The number of aromatic nitrogens is 2. The van der Waals surface area contributed by atoms with E-state index in [0.717, 1.165) is 5.56 Å². The van der Waals surface area contributed by atoms with Crippen LogP contribution in [0.2, 0.25) is 0 Å². The first-order valence-corrected chi connectivity index (χ1v) is 6.06. The quantitative estimate of drug-likeness (QED) is 0.794. The third kappa shape index (κ3) is 5.41. The Balaban J connectivity index is 2.34. The maximum atomic E-state index is 11.8. The van der Waals surface area contributed by atoms with Gasteiger partial charge in [-0.25, -0.2) is 4.79 Å².